The topological polar surface area (TPSA) is 32.3 Å². The molecule has 7 heteroatoms. The van der Waals surface area contributed by atoms with Crippen LogP contribution in [0.5, 0.6) is 0 Å². The molecule has 0 radical (unpaired) electrons. The fourth-order valence-electron chi connectivity index (χ4n) is 3.56. The maximum Gasteiger partial charge on any atom is 0.417 e. The van der Waals surface area contributed by atoms with Gasteiger partial charge in [0.1, 0.15) is 0 Å². The second kappa shape index (κ2) is 7.90. The Hall–Kier alpha value is -2.05. The zero-order valence-electron chi connectivity index (χ0n) is 14.8. The first-order chi connectivity index (χ1) is 12.8. The number of hydrogen-bond acceptors (Lipinski definition) is 2. The molecule has 0 aliphatic carbocycles. The van der Waals surface area contributed by atoms with E-state index in [0.29, 0.717) is 0 Å². The van der Waals surface area contributed by atoms with Crippen LogP contribution in [0, 0.1) is 0 Å². The third-order valence-electron chi connectivity index (χ3n) is 4.96. The van der Waals surface area contributed by atoms with Gasteiger partial charge in [-0.2, -0.15) is 13.2 Å². The molecule has 1 amide bonds. The Morgan fingerprint density at radius 1 is 1.19 bits per heavy atom. The molecule has 0 spiro atoms. The summed E-state index contributed by atoms with van der Waals surface area (Å²) in [6.45, 7) is 0.911. The van der Waals surface area contributed by atoms with E-state index >= 15 is 0 Å². The van der Waals surface area contributed by atoms with Gasteiger partial charge in [-0.05, 0) is 44.1 Å². The lowest BCUT2D eigenvalue weighted by molar-refractivity contribution is -0.137. The number of amides is 1. The van der Waals surface area contributed by atoms with E-state index in [2.05, 4.69) is 10.2 Å². The molecular formula is C20H20ClF3N2O. The van der Waals surface area contributed by atoms with Crippen LogP contribution in [0.3, 0.4) is 0 Å². The lowest BCUT2D eigenvalue weighted by atomic mass is 9.96. The molecule has 144 valence electrons. The van der Waals surface area contributed by atoms with Crippen molar-refractivity contribution in [3.63, 3.8) is 0 Å². The number of rotatable bonds is 4. The summed E-state index contributed by atoms with van der Waals surface area (Å²) in [5, 5.41) is 2.33. The highest BCUT2D eigenvalue weighted by Gasteiger charge is 2.36. The number of nitrogens with one attached hydrogen (secondary N) is 1. The van der Waals surface area contributed by atoms with Gasteiger partial charge in [0, 0.05) is 6.04 Å². The molecule has 2 atom stereocenters. The molecular weight excluding hydrogens is 377 g/mol. The van der Waals surface area contributed by atoms with E-state index in [1.54, 1.807) is 0 Å². The van der Waals surface area contributed by atoms with Gasteiger partial charge in [-0.25, -0.2) is 0 Å². The predicted octanol–water partition coefficient (Wildman–Crippen LogP) is 4.92. The first-order valence-electron chi connectivity index (χ1n) is 8.71. The number of carbonyl (C=O) groups is 1. The molecule has 2 aromatic rings. The van der Waals surface area contributed by atoms with Crippen LogP contribution in [-0.4, -0.2) is 30.4 Å². The van der Waals surface area contributed by atoms with Crippen LogP contribution in [-0.2, 0) is 6.18 Å². The molecule has 3 rings (SSSR count). The second-order valence-corrected chi connectivity index (χ2v) is 7.09. The molecule has 1 N–H and O–H groups in total. The summed E-state index contributed by atoms with van der Waals surface area (Å²) in [4.78, 5) is 15.0. The summed E-state index contributed by atoms with van der Waals surface area (Å²) in [5.41, 5.74) is -0.271. The molecule has 27 heavy (non-hydrogen) atoms. The molecule has 0 unspecified atom stereocenters. The Kier molecular flexibility index (Phi) is 5.77. The van der Waals surface area contributed by atoms with Gasteiger partial charge in [0.2, 0.25) is 0 Å². The maximum absolute atomic E-state index is 13.1. The van der Waals surface area contributed by atoms with Crippen molar-refractivity contribution < 1.29 is 18.0 Å². The lowest BCUT2D eigenvalue weighted by Gasteiger charge is -2.30. The summed E-state index contributed by atoms with van der Waals surface area (Å²) < 4.78 is 39.3. The molecule has 2 aromatic carbocycles. The average molecular weight is 397 g/mol. The lowest BCUT2D eigenvalue weighted by Crippen LogP contribution is -2.41. The van der Waals surface area contributed by atoms with Crippen molar-refractivity contribution in [3.8, 4) is 0 Å². The van der Waals surface area contributed by atoms with Crippen LogP contribution in [0.2, 0.25) is 5.02 Å². The molecule has 0 saturated carbocycles. The average Bonchev–Trinajstić information content (AvgIpc) is 3.05. The van der Waals surface area contributed by atoms with E-state index in [-0.39, 0.29) is 17.6 Å². The molecule has 1 heterocycles. The molecule has 3 nitrogen and oxygen atoms in total. The monoisotopic (exact) mass is 396 g/mol. The van der Waals surface area contributed by atoms with E-state index in [1.807, 2.05) is 37.4 Å². The molecule has 1 saturated heterocycles. The highest BCUT2D eigenvalue weighted by Crippen LogP contribution is 2.36. The number of nitrogens with zero attached hydrogens (tertiary/aromatic N) is 1. The van der Waals surface area contributed by atoms with E-state index in [9.17, 15) is 18.0 Å². The van der Waals surface area contributed by atoms with Crippen LogP contribution in [0.15, 0.2) is 48.5 Å². The molecule has 1 aliphatic rings. The first-order valence-corrected chi connectivity index (χ1v) is 9.08. The van der Waals surface area contributed by atoms with Crippen LogP contribution in [0.1, 0.15) is 40.4 Å². The zero-order chi connectivity index (χ0) is 19.6. The number of halogens is 4. The first kappa shape index (κ1) is 19.7. The van der Waals surface area contributed by atoms with Crippen molar-refractivity contribution in [3.05, 3.63) is 70.2 Å². The quantitative estimate of drug-likeness (QED) is 0.795. The second-order valence-electron chi connectivity index (χ2n) is 6.72. The Morgan fingerprint density at radius 3 is 2.48 bits per heavy atom. The minimum atomic E-state index is -4.61. The van der Waals surface area contributed by atoms with Crippen molar-refractivity contribution in [2.75, 3.05) is 13.6 Å². The van der Waals surface area contributed by atoms with Gasteiger partial charge in [0.15, 0.2) is 0 Å². The van der Waals surface area contributed by atoms with Crippen molar-refractivity contribution >= 4 is 17.5 Å². The number of likely N-dealkylation sites (tertiary alicyclic amines) is 1. The van der Waals surface area contributed by atoms with Crippen molar-refractivity contribution in [1.29, 1.82) is 0 Å². The van der Waals surface area contributed by atoms with E-state index in [1.165, 1.54) is 12.1 Å². The number of alkyl halides is 3. The molecule has 1 fully saturated rings. The van der Waals surface area contributed by atoms with Crippen LogP contribution < -0.4 is 5.32 Å². The minimum absolute atomic E-state index is 0.0703. The van der Waals surface area contributed by atoms with Crippen LogP contribution in [0.25, 0.3) is 0 Å². The van der Waals surface area contributed by atoms with Gasteiger partial charge in [0.05, 0.1) is 22.2 Å². The Bertz CT molecular complexity index is 811. The van der Waals surface area contributed by atoms with Gasteiger partial charge < -0.3 is 10.2 Å². The number of hydrogen-bond donors (Lipinski definition) is 1. The summed E-state index contributed by atoms with van der Waals surface area (Å²) >= 11 is 5.91. The molecule has 0 bridgehead atoms. The summed E-state index contributed by atoms with van der Waals surface area (Å²) in [6, 6.07) is 12.6. The summed E-state index contributed by atoms with van der Waals surface area (Å²) in [6.07, 6.45) is -2.71. The minimum Gasteiger partial charge on any atom is -0.344 e. The Labute approximate surface area is 161 Å². The van der Waals surface area contributed by atoms with Gasteiger partial charge in [-0.1, -0.05) is 48.0 Å². The van der Waals surface area contributed by atoms with Gasteiger partial charge in [-0.3, -0.25) is 4.79 Å². The fraction of sp³-hybridized carbons (Fsp3) is 0.350. The highest BCUT2D eigenvalue weighted by atomic mass is 35.5. The van der Waals surface area contributed by atoms with Gasteiger partial charge >= 0.3 is 6.18 Å². The van der Waals surface area contributed by atoms with Crippen molar-refractivity contribution in [1.82, 2.24) is 10.2 Å². The highest BCUT2D eigenvalue weighted by molar-refractivity contribution is 6.34. The molecule has 0 aromatic heterocycles. The van der Waals surface area contributed by atoms with E-state index in [0.717, 1.165) is 31.0 Å². The number of carbonyl (C=O) groups excluding carboxylic acids is 1. The Morgan fingerprint density at radius 2 is 1.89 bits per heavy atom. The fourth-order valence-corrected chi connectivity index (χ4v) is 3.88. The van der Waals surface area contributed by atoms with Crippen LogP contribution >= 0.6 is 11.6 Å². The number of benzene rings is 2. The van der Waals surface area contributed by atoms with Crippen LogP contribution in [0.4, 0.5) is 13.2 Å². The van der Waals surface area contributed by atoms with E-state index in [4.69, 9.17) is 11.6 Å². The normalized spacial score (nSPS) is 19.1. The maximum atomic E-state index is 13.1. The number of likely N-dealkylation sites (N-methyl/N-ethyl adjacent to an activating group) is 1. The smallest absolute Gasteiger partial charge is 0.344 e. The summed E-state index contributed by atoms with van der Waals surface area (Å²) in [7, 11) is 1.98. The standard InChI is InChI=1S/C20H20ClF3N2O/c1-26-12-6-11-16(26)18(13-7-3-2-4-8-13)25-19(27)14-9-5-10-15(17(14)21)20(22,23)24/h2-5,7-10,16,18H,6,11-12H2,1H3,(H,25,27)/t16-,18-/m1/s1. The largest absolute Gasteiger partial charge is 0.417 e. The third kappa shape index (κ3) is 4.28. The van der Waals surface area contributed by atoms with Crippen molar-refractivity contribution in [2.45, 2.75) is 31.1 Å². The van der Waals surface area contributed by atoms with Gasteiger partial charge in [0.25, 0.3) is 5.91 Å². The third-order valence-corrected chi connectivity index (χ3v) is 5.36. The van der Waals surface area contributed by atoms with Crippen molar-refractivity contribution in [2.24, 2.45) is 0 Å². The zero-order valence-corrected chi connectivity index (χ0v) is 15.5. The molecule has 1 aliphatic heterocycles. The predicted molar refractivity (Wildman–Crippen MR) is 98.8 cm³/mol. The Balaban J connectivity index is 1.92. The van der Waals surface area contributed by atoms with E-state index < -0.39 is 22.7 Å². The SMILES string of the molecule is CN1CCC[C@@H]1[C@H](NC(=O)c1cccc(C(F)(F)F)c1Cl)c1ccccc1. The summed E-state index contributed by atoms with van der Waals surface area (Å²) in [5.74, 6) is -0.611. The van der Waals surface area contributed by atoms with Gasteiger partial charge in [-0.15, -0.1) is 0 Å².